The highest BCUT2D eigenvalue weighted by molar-refractivity contribution is 5.81. The first kappa shape index (κ1) is 6.14. The van der Waals surface area contributed by atoms with E-state index in [0.717, 1.165) is 6.42 Å². The minimum Gasteiger partial charge on any atom is -0.350 e. The molecule has 0 heterocycles. The van der Waals surface area contributed by atoms with E-state index >= 15 is 0 Å². The van der Waals surface area contributed by atoms with Crippen molar-refractivity contribution < 1.29 is 4.79 Å². The molecule has 0 aromatic heterocycles. The van der Waals surface area contributed by atoms with E-state index in [1.165, 1.54) is 6.21 Å². The molecule has 0 saturated heterocycles. The molecular weight excluding hydrogens is 92.1 g/mol. The maximum atomic E-state index is 9.78. The van der Waals surface area contributed by atoms with E-state index in [4.69, 9.17) is 0 Å². The third-order valence-corrected chi connectivity index (χ3v) is 0.401. The number of urea groups is 1. The lowest BCUT2D eigenvalue weighted by atomic mass is 10.5. The second-order valence-corrected chi connectivity index (χ2v) is 1.06. The molecular formula is C4H8N2O. The Hall–Kier alpha value is -0.860. The van der Waals surface area contributed by atoms with Gasteiger partial charge in [-0.2, -0.15) is 0 Å². The van der Waals surface area contributed by atoms with Crippen LogP contribution in [0.5, 0.6) is 0 Å². The van der Waals surface area contributed by atoms with Gasteiger partial charge in [0.05, 0.1) is 0 Å². The van der Waals surface area contributed by atoms with Crippen LogP contribution in [0.15, 0.2) is 4.99 Å². The lowest BCUT2D eigenvalue weighted by Gasteiger charge is -1.75. The quantitative estimate of drug-likeness (QED) is 0.480. The smallest absolute Gasteiger partial charge is 0.337 e. The van der Waals surface area contributed by atoms with Crippen LogP contribution in [0.2, 0.25) is 0 Å². The largest absolute Gasteiger partial charge is 0.350 e. The highest BCUT2D eigenvalue weighted by Gasteiger charge is 1.76. The molecule has 2 N–H and O–H groups in total. The molecule has 0 atom stereocenters. The van der Waals surface area contributed by atoms with Gasteiger partial charge in [0, 0.05) is 6.21 Å². The molecule has 0 unspecified atom stereocenters. The number of carbonyl (C=O) groups is 1. The summed E-state index contributed by atoms with van der Waals surface area (Å²) in [6.45, 7) is 1.88. The monoisotopic (exact) mass is 100 g/mol. The van der Waals surface area contributed by atoms with Gasteiger partial charge in [0.15, 0.2) is 0 Å². The molecule has 0 bridgehead atoms. The molecule has 40 valence electrons. The molecule has 0 aliphatic heterocycles. The standard InChI is InChI=1S/C4H8N2O/c1-2-3-6-4(5)7/h3H,2H2,1H3,(H2,5,7)/b6-3+. The molecule has 3 heteroatoms. The molecule has 0 aromatic rings. The van der Waals surface area contributed by atoms with Gasteiger partial charge in [-0.25, -0.2) is 9.79 Å². The lowest BCUT2D eigenvalue weighted by Crippen LogP contribution is -2.03. The van der Waals surface area contributed by atoms with Crippen LogP contribution in [0.4, 0.5) is 4.79 Å². The molecule has 0 saturated carbocycles. The summed E-state index contributed by atoms with van der Waals surface area (Å²) in [5, 5.41) is 0. The van der Waals surface area contributed by atoms with Gasteiger partial charge in [-0.3, -0.25) is 0 Å². The van der Waals surface area contributed by atoms with Crippen molar-refractivity contribution in [1.29, 1.82) is 0 Å². The van der Waals surface area contributed by atoms with Crippen LogP contribution in [0.1, 0.15) is 13.3 Å². The summed E-state index contributed by atoms with van der Waals surface area (Å²) in [6.07, 6.45) is 2.23. The van der Waals surface area contributed by atoms with Crippen molar-refractivity contribution in [2.45, 2.75) is 13.3 Å². The predicted molar refractivity (Wildman–Crippen MR) is 28.4 cm³/mol. The zero-order valence-electron chi connectivity index (χ0n) is 4.22. The Morgan fingerprint density at radius 3 is 2.71 bits per heavy atom. The fourth-order valence-corrected chi connectivity index (χ4v) is 0.181. The third kappa shape index (κ3) is 5.14. The average Bonchev–Trinajstić information content (AvgIpc) is 1.61. The minimum atomic E-state index is -0.623. The predicted octanol–water partition coefficient (Wildman–Crippen LogP) is 0.546. The van der Waals surface area contributed by atoms with Crippen LogP contribution >= 0.6 is 0 Å². The van der Waals surface area contributed by atoms with Gasteiger partial charge >= 0.3 is 6.03 Å². The number of carbonyl (C=O) groups excluding carboxylic acids is 1. The normalized spacial score (nSPS) is 9.86. The first-order valence-electron chi connectivity index (χ1n) is 2.09. The van der Waals surface area contributed by atoms with E-state index in [-0.39, 0.29) is 0 Å². The van der Waals surface area contributed by atoms with Crippen molar-refractivity contribution in [1.82, 2.24) is 0 Å². The first-order chi connectivity index (χ1) is 3.27. The zero-order valence-corrected chi connectivity index (χ0v) is 4.22. The van der Waals surface area contributed by atoms with Crippen LogP contribution in [0, 0.1) is 0 Å². The summed E-state index contributed by atoms with van der Waals surface area (Å²) in [5.41, 5.74) is 4.64. The SMILES string of the molecule is CC/C=N/C(N)=O. The Labute approximate surface area is 42.2 Å². The number of primary amides is 1. The van der Waals surface area contributed by atoms with E-state index in [0.29, 0.717) is 0 Å². The van der Waals surface area contributed by atoms with Gasteiger partial charge in [0.25, 0.3) is 0 Å². The average molecular weight is 100 g/mol. The highest BCUT2D eigenvalue weighted by Crippen LogP contribution is 1.67. The van der Waals surface area contributed by atoms with Crippen LogP contribution in [-0.4, -0.2) is 12.2 Å². The Bertz CT molecular complexity index is 87.7. The molecule has 0 fully saturated rings. The fraction of sp³-hybridized carbons (Fsp3) is 0.500. The summed E-state index contributed by atoms with van der Waals surface area (Å²) < 4.78 is 0. The Morgan fingerprint density at radius 1 is 2.00 bits per heavy atom. The van der Waals surface area contributed by atoms with Gasteiger partial charge in [-0.1, -0.05) is 6.92 Å². The molecule has 0 aliphatic carbocycles. The molecule has 2 amide bonds. The summed E-state index contributed by atoms with van der Waals surface area (Å²) >= 11 is 0. The molecule has 0 aromatic carbocycles. The number of hydrogen-bond donors (Lipinski definition) is 1. The number of nitrogens with zero attached hydrogens (tertiary/aromatic N) is 1. The molecule has 0 spiro atoms. The third-order valence-electron chi connectivity index (χ3n) is 0.401. The Morgan fingerprint density at radius 2 is 2.57 bits per heavy atom. The van der Waals surface area contributed by atoms with Crippen molar-refractivity contribution in [2.24, 2.45) is 10.7 Å². The van der Waals surface area contributed by atoms with E-state index in [9.17, 15) is 4.79 Å². The lowest BCUT2D eigenvalue weighted by molar-refractivity contribution is 0.257. The van der Waals surface area contributed by atoms with Gasteiger partial charge in [-0.05, 0) is 6.42 Å². The fourth-order valence-electron chi connectivity index (χ4n) is 0.181. The zero-order chi connectivity index (χ0) is 5.70. The van der Waals surface area contributed by atoms with Crippen LogP contribution in [0.3, 0.4) is 0 Å². The number of hydrogen-bond acceptors (Lipinski definition) is 1. The Kier molecular flexibility index (Phi) is 2.92. The first-order valence-corrected chi connectivity index (χ1v) is 2.09. The van der Waals surface area contributed by atoms with E-state index < -0.39 is 6.03 Å². The van der Waals surface area contributed by atoms with Crippen LogP contribution < -0.4 is 5.73 Å². The van der Waals surface area contributed by atoms with Crippen molar-refractivity contribution in [3.63, 3.8) is 0 Å². The highest BCUT2D eigenvalue weighted by atomic mass is 16.2. The number of aliphatic imine (C=N–C) groups is 1. The van der Waals surface area contributed by atoms with Gasteiger partial charge in [0.2, 0.25) is 0 Å². The molecule has 3 nitrogen and oxygen atoms in total. The molecule has 0 aliphatic rings. The Balaban J connectivity index is 3.26. The molecule has 0 radical (unpaired) electrons. The van der Waals surface area contributed by atoms with Crippen molar-refractivity contribution in [3.05, 3.63) is 0 Å². The van der Waals surface area contributed by atoms with Crippen LogP contribution in [-0.2, 0) is 0 Å². The second kappa shape index (κ2) is 3.33. The van der Waals surface area contributed by atoms with Gasteiger partial charge in [0.1, 0.15) is 0 Å². The minimum absolute atomic E-state index is 0.623. The number of amides is 2. The topological polar surface area (TPSA) is 55.4 Å². The summed E-state index contributed by atoms with van der Waals surface area (Å²) in [6, 6.07) is -0.623. The second-order valence-electron chi connectivity index (χ2n) is 1.06. The van der Waals surface area contributed by atoms with Gasteiger partial charge < -0.3 is 5.73 Å². The van der Waals surface area contributed by atoms with Crippen molar-refractivity contribution >= 4 is 12.2 Å². The van der Waals surface area contributed by atoms with E-state index in [2.05, 4.69) is 10.7 Å². The maximum absolute atomic E-state index is 9.78. The van der Waals surface area contributed by atoms with Crippen LogP contribution in [0.25, 0.3) is 0 Å². The van der Waals surface area contributed by atoms with Crippen molar-refractivity contribution in [2.75, 3.05) is 0 Å². The summed E-state index contributed by atoms with van der Waals surface area (Å²) in [5.74, 6) is 0. The molecule has 0 rings (SSSR count). The summed E-state index contributed by atoms with van der Waals surface area (Å²) in [4.78, 5) is 13.0. The van der Waals surface area contributed by atoms with Crippen molar-refractivity contribution in [3.8, 4) is 0 Å². The van der Waals surface area contributed by atoms with Gasteiger partial charge in [-0.15, -0.1) is 0 Å². The molecule has 7 heavy (non-hydrogen) atoms. The van der Waals surface area contributed by atoms with E-state index in [1.54, 1.807) is 0 Å². The van der Waals surface area contributed by atoms with E-state index in [1.807, 2.05) is 6.92 Å². The number of nitrogens with two attached hydrogens (primary N) is 1. The maximum Gasteiger partial charge on any atom is 0.337 e. The number of rotatable bonds is 1. The summed E-state index contributed by atoms with van der Waals surface area (Å²) in [7, 11) is 0.